The maximum Gasteiger partial charge on any atom is 0.133 e. The zero-order chi connectivity index (χ0) is 12.3. The van der Waals surface area contributed by atoms with Crippen molar-refractivity contribution in [2.24, 2.45) is 5.92 Å². The summed E-state index contributed by atoms with van der Waals surface area (Å²) in [6.07, 6.45) is 1.27. The van der Waals surface area contributed by atoms with E-state index < -0.39 is 0 Å². The number of halogens is 1. The van der Waals surface area contributed by atoms with Gasteiger partial charge in [-0.1, -0.05) is 0 Å². The molecule has 1 aliphatic heterocycles. The molecule has 1 heterocycles. The fourth-order valence-electron chi connectivity index (χ4n) is 2.37. The average molecular weight is 299 g/mol. The van der Waals surface area contributed by atoms with E-state index in [4.69, 9.17) is 4.74 Å². The van der Waals surface area contributed by atoms with Gasteiger partial charge in [0.05, 0.1) is 11.6 Å². The molecule has 0 saturated carbocycles. The summed E-state index contributed by atoms with van der Waals surface area (Å²) < 4.78 is 6.27. The molecule has 0 bridgehead atoms. The normalized spacial score (nSPS) is 19.7. The lowest BCUT2D eigenvalue weighted by Crippen LogP contribution is -2.24. The Balaban J connectivity index is 2.06. The molecule has 1 saturated heterocycles. The quantitative estimate of drug-likeness (QED) is 0.924. The Bertz CT molecular complexity index is 384. The zero-order valence-corrected chi connectivity index (χ0v) is 12.0. The molecule has 0 spiro atoms. The van der Waals surface area contributed by atoms with Crippen LogP contribution in [-0.4, -0.2) is 33.8 Å². The van der Waals surface area contributed by atoms with Crippen LogP contribution in [0.5, 0.6) is 5.75 Å². The lowest BCUT2D eigenvalue weighted by molar-refractivity contribution is 0.412. The van der Waals surface area contributed by atoms with Crippen molar-refractivity contribution < 1.29 is 4.74 Å². The van der Waals surface area contributed by atoms with E-state index in [-0.39, 0.29) is 0 Å². The number of benzene rings is 1. The van der Waals surface area contributed by atoms with Gasteiger partial charge in [-0.05, 0) is 60.1 Å². The van der Waals surface area contributed by atoms with E-state index in [1.807, 2.05) is 13.1 Å². The van der Waals surface area contributed by atoms with Crippen molar-refractivity contribution >= 4 is 21.6 Å². The molecule has 1 unspecified atom stereocenters. The summed E-state index contributed by atoms with van der Waals surface area (Å²) in [5.41, 5.74) is 1.27. The van der Waals surface area contributed by atoms with Crippen molar-refractivity contribution in [1.82, 2.24) is 5.32 Å². The van der Waals surface area contributed by atoms with E-state index in [1.54, 1.807) is 7.11 Å². The average Bonchev–Trinajstić information content (AvgIpc) is 2.78. The van der Waals surface area contributed by atoms with Crippen LogP contribution in [-0.2, 0) is 0 Å². The highest BCUT2D eigenvalue weighted by atomic mass is 79.9. The number of nitrogens with one attached hydrogen (secondary N) is 1. The maximum absolute atomic E-state index is 5.25. The van der Waals surface area contributed by atoms with E-state index in [9.17, 15) is 0 Å². The maximum atomic E-state index is 5.25. The molecule has 3 nitrogen and oxygen atoms in total. The van der Waals surface area contributed by atoms with Gasteiger partial charge in [-0.15, -0.1) is 0 Å². The second-order valence-corrected chi connectivity index (χ2v) is 5.33. The molecule has 0 aromatic heterocycles. The molecule has 1 N–H and O–H groups in total. The molecule has 0 radical (unpaired) electrons. The zero-order valence-electron chi connectivity index (χ0n) is 10.4. The predicted octanol–water partition coefficient (Wildman–Crippen LogP) is 2.50. The summed E-state index contributed by atoms with van der Waals surface area (Å²) in [5.74, 6) is 1.65. The van der Waals surface area contributed by atoms with Crippen LogP contribution in [0.3, 0.4) is 0 Å². The highest BCUT2D eigenvalue weighted by Crippen LogP contribution is 2.31. The molecule has 1 fully saturated rings. The third-order valence-electron chi connectivity index (χ3n) is 3.28. The van der Waals surface area contributed by atoms with Crippen LogP contribution >= 0.6 is 15.9 Å². The topological polar surface area (TPSA) is 24.5 Å². The van der Waals surface area contributed by atoms with Gasteiger partial charge in [0.25, 0.3) is 0 Å². The van der Waals surface area contributed by atoms with Gasteiger partial charge < -0.3 is 15.0 Å². The number of anilines is 1. The first-order chi connectivity index (χ1) is 8.24. The van der Waals surface area contributed by atoms with Crippen LogP contribution in [0.25, 0.3) is 0 Å². The van der Waals surface area contributed by atoms with Crippen LogP contribution in [0.1, 0.15) is 6.42 Å². The Morgan fingerprint density at radius 3 is 3.00 bits per heavy atom. The molecule has 1 aromatic rings. The van der Waals surface area contributed by atoms with Crippen LogP contribution < -0.4 is 15.0 Å². The second kappa shape index (κ2) is 5.74. The molecule has 0 amide bonds. The lowest BCUT2D eigenvalue weighted by Gasteiger charge is -2.19. The first-order valence-corrected chi connectivity index (χ1v) is 6.77. The Kier molecular flexibility index (Phi) is 4.29. The largest absolute Gasteiger partial charge is 0.496 e. The minimum Gasteiger partial charge on any atom is -0.496 e. The number of methoxy groups -OCH3 is 1. The first-order valence-electron chi connectivity index (χ1n) is 5.97. The number of hydrogen-bond acceptors (Lipinski definition) is 3. The van der Waals surface area contributed by atoms with E-state index in [1.165, 1.54) is 12.1 Å². The minimum atomic E-state index is 0.765. The number of ether oxygens (including phenoxy) is 1. The minimum absolute atomic E-state index is 0.765. The fourth-order valence-corrected chi connectivity index (χ4v) is 2.90. The van der Waals surface area contributed by atoms with Gasteiger partial charge in [0.2, 0.25) is 0 Å². The Hall–Kier alpha value is -0.740. The molecule has 94 valence electrons. The Morgan fingerprint density at radius 1 is 1.53 bits per heavy atom. The van der Waals surface area contributed by atoms with Crippen molar-refractivity contribution in [3.8, 4) is 5.75 Å². The fraction of sp³-hybridized carbons (Fsp3) is 0.538. The molecule has 1 aliphatic rings. The van der Waals surface area contributed by atoms with Crippen molar-refractivity contribution in [3.05, 3.63) is 22.7 Å². The molecular weight excluding hydrogens is 280 g/mol. The number of rotatable bonds is 4. The van der Waals surface area contributed by atoms with Gasteiger partial charge in [0, 0.05) is 18.8 Å². The van der Waals surface area contributed by atoms with Crippen LogP contribution in [0.4, 0.5) is 5.69 Å². The van der Waals surface area contributed by atoms with Crippen LogP contribution in [0, 0.1) is 5.92 Å². The van der Waals surface area contributed by atoms with Crippen LogP contribution in [0.2, 0.25) is 0 Å². The van der Waals surface area contributed by atoms with Gasteiger partial charge >= 0.3 is 0 Å². The monoisotopic (exact) mass is 298 g/mol. The van der Waals surface area contributed by atoms with E-state index in [0.717, 1.165) is 35.8 Å². The smallest absolute Gasteiger partial charge is 0.133 e. The Labute approximate surface area is 111 Å². The first kappa shape index (κ1) is 12.7. The molecular formula is C13H19BrN2O. The van der Waals surface area contributed by atoms with Gasteiger partial charge in [0.1, 0.15) is 5.75 Å². The van der Waals surface area contributed by atoms with Crippen molar-refractivity contribution in [2.75, 3.05) is 38.7 Å². The summed E-state index contributed by atoms with van der Waals surface area (Å²) in [5, 5.41) is 3.26. The lowest BCUT2D eigenvalue weighted by atomic mass is 10.1. The van der Waals surface area contributed by atoms with E-state index in [0.29, 0.717) is 0 Å². The van der Waals surface area contributed by atoms with E-state index in [2.05, 4.69) is 38.3 Å². The summed E-state index contributed by atoms with van der Waals surface area (Å²) in [6.45, 7) is 3.39. The highest BCUT2D eigenvalue weighted by molar-refractivity contribution is 9.10. The standard InChI is InChI=1S/C13H19BrN2O/c1-15-8-10-5-6-16(9-10)11-3-4-13(17-2)12(14)7-11/h3-4,7,10,15H,5-6,8-9H2,1-2H3. The van der Waals surface area contributed by atoms with Gasteiger partial charge in [-0.3, -0.25) is 0 Å². The molecule has 17 heavy (non-hydrogen) atoms. The molecule has 0 aliphatic carbocycles. The summed E-state index contributed by atoms with van der Waals surface area (Å²) in [4.78, 5) is 2.44. The van der Waals surface area contributed by atoms with Crippen LogP contribution in [0.15, 0.2) is 22.7 Å². The SMILES string of the molecule is CNCC1CCN(c2ccc(OC)c(Br)c2)C1. The van der Waals surface area contributed by atoms with Gasteiger partial charge in [-0.2, -0.15) is 0 Å². The number of hydrogen-bond donors (Lipinski definition) is 1. The third-order valence-corrected chi connectivity index (χ3v) is 3.90. The highest BCUT2D eigenvalue weighted by Gasteiger charge is 2.22. The van der Waals surface area contributed by atoms with Gasteiger partial charge in [0.15, 0.2) is 0 Å². The van der Waals surface area contributed by atoms with E-state index >= 15 is 0 Å². The van der Waals surface area contributed by atoms with Crippen molar-refractivity contribution in [2.45, 2.75) is 6.42 Å². The third kappa shape index (κ3) is 2.93. The predicted molar refractivity (Wildman–Crippen MR) is 74.9 cm³/mol. The molecule has 1 atom stereocenters. The van der Waals surface area contributed by atoms with Crippen molar-refractivity contribution in [3.63, 3.8) is 0 Å². The summed E-state index contributed by atoms with van der Waals surface area (Å²) >= 11 is 3.54. The molecule has 1 aromatic carbocycles. The van der Waals surface area contributed by atoms with Crippen molar-refractivity contribution in [1.29, 1.82) is 0 Å². The number of nitrogens with zero attached hydrogens (tertiary/aromatic N) is 1. The summed E-state index contributed by atoms with van der Waals surface area (Å²) in [6, 6.07) is 6.29. The molecule has 2 rings (SSSR count). The molecule has 4 heteroatoms. The van der Waals surface area contributed by atoms with Gasteiger partial charge in [-0.25, -0.2) is 0 Å². The summed E-state index contributed by atoms with van der Waals surface area (Å²) in [7, 11) is 3.71. The second-order valence-electron chi connectivity index (χ2n) is 4.48. The Morgan fingerprint density at radius 2 is 2.35 bits per heavy atom.